The van der Waals surface area contributed by atoms with Gasteiger partial charge in [-0.15, -0.1) is 0 Å². The zero-order chi connectivity index (χ0) is 17.0. The Morgan fingerprint density at radius 3 is 2.48 bits per heavy atom. The molecule has 0 bridgehead atoms. The molecule has 1 heterocycles. The van der Waals surface area contributed by atoms with Gasteiger partial charge in [0.05, 0.1) is 25.5 Å². The highest BCUT2D eigenvalue weighted by molar-refractivity contribution is 5.87. The first-order valence-corrected chi connectivity index (χ1v) is 7.61. The Morgan fingerprint density at radius 2 is 1.96 bits per heavy atom. The van der Waals surface area contributed by atoms with E-state index in [1.165, 1.54) is 0 Å². The van der Waals surface area contributed by atoms with Crippen LogP contribution < -0.4 is 14.8 Å². The number of rotatable bonds is 6. The van der Waals surface area contributed by atoms with Gasteiger partial charge in [0.25, 0.3) is 0 Å². The van der Waals surface area contributed by atoms with Crippen molar-refractivity contribution in [3.63, 3.8) is 0 Å². The Kier molecular flexibility index (Phi) is 5.13. The van der Waals surface area contributed by atoms with Crippen LogP contribution in [0.2, 0.25) is 0 Å². The smallest absolute Gasteiger partial charge is 0.307 e. The largest absolute Gasteiger partial charge is 0.497 e. The molecule has 1 aliphatic heterocycles. The van der Waals surface area contributed by atoms with Gasteiger partial charge in [-0.3, -0.25) is 9.59 Å². The zero-order valence-electron chi connectivity index (χ0n) is 13.9. The number of amides is 1. The van der Waals surface area contributed by atoms with Crippen molar-refractivity contribution in [3.05, 3.63) is 24.3 Å². The predicted octanol–water partition coefficient (Wildman–Crippen LogP) is 1.92. The first-order valence-electron chi connectivity index (χ1n) is 7.61. The summed E-state index contributed by atoms with van der Waals surface area (Å²) in [6.45, 7) is 5.69. The molecule has 1 N–H and O–H groups in total. The van der Waals surface area contributed by atoms with Crippen LogP contribution in [-0.4, -0.2) is 37.2 Å². The number of carbonyl (C=O) groups is 2. The summed E-state index contributed by atoms with van der Waals surface area (Å²) in [4.78, 5) is 23.7. The molecule has 0 aromatic heterocycles. The van der Waals surface area contributed by atoms with Gasteiger partial charge in [-0.1, -0.05) is 0 Å². The van der Waals surface area contributed by atoms with Crippen LogP contribution in [-0.2, 0) is 14.3 Å². The number of hydrogen-bond acceptors (Lipinski definition) is 5. The molecule has 126 valence electrons. The van der Waals surface area contributed by atoms with Gasteiger partial charge in [0.15, 0.2) is 0 Å². The van der Waals surface area contributed by atoms with E-state index in [-0.39, 0.29) is 24.3 Å². The number of carbonyl (C=O) groups excluding carboxylic acids is 2. The molecule has 0 unspecified atom stereocenters. The first-order chi connectivity index (χ1) is 10.8. The third kappa shape index (κ3) is 4.37. The van der Waals surface area contributed by atoms with E-state index in [4.69, 9.17) is 14.2 Å². The van der Waals surface area contributed by atoms with Crippen molar-refractivity contribution in [2.75, 3.05) is 13.7 Å². The Morgan fingerprint density at radius 1 is 1.35 bits per heavy atom. The number of methoxy groups -OCH3 is 1. The number of hydrogen-bond donors (Lipinski definition) is 1. The Labute approximate surface area is 136 Å². The van der Waals surface area contributed by atoms with E-state index >= 15 is 0 Å². The number of benzene rings is 1. The number of nitrogens with one attached hydrogen (secondary N) is 1. The molecule has 1 aromatic carbocycles. The standard InChI is InChI=1S/C17H23NO5/c1-11(10-22-13-7-5-12(21-4)6-8-13)18-16(20)14-9-15(19)23-17(14,2)3/h5-8,11,14H,9-10H2,1-4H3,(H,18,20)/t11-,14-/m1/s1. The van der Waals surface area contributed by atoms with Crippen LogP contribution in [0.1, 0.15) is 27.2 Å². The molecule has 6 nitrogen and oxygen atoms in total. The van der Waals surface area contributed by atoms with Gasteiger partial charge in [0, 0.05) is 0 Å². The molecule has 23 heavy (non-hydrogen) atoms. The van der Waals surface area contributed by atoms with Crippen LogP contribution >= 0.6 is 0 Å². The molecule has 1 aliphatic rings. The third-order valence-corrected chi connectivity index (χ3v) is 3.85. The minimum absolute atomic E-state index is 0.116. The molecular formula is C17H23NO5. The van der Waals surface area contributed by atoms with Crippen LogP contribution in [0.15, 0.2) is 24.3 Å². The third-order valence-electron chi connectivity index (χ3n) is 3.85. The van der Waals surface area contributed by atoms with E-state index < -0.39 is 11.5 Å². The number of ether oxygens (including phenoxy) is 3. The van der Waals surface area contributed by atoms with Gasteiger partial charge >= 0.3 is 5.97 Å². The maximum absolute atomic E-state index is 12.3. The van der Waals surface area contributed by atoms with E-state index in [2.05, 4.69) is 5.32 Å². The fourth-order valence-corrected chi connectivity index (χ4v) is 2.51. The quantitative estimate of drug-likeness (QED) is 0.810. The summed E-state index contributed by atoms with van der Waals surface area (Å²) in [5.74, 6) is 0.459. The van der Waals surface area contributed by atoms with E-state index in [0.717, 1.165) is 5.75 Å². The van der Waals surface area contributed by atoms with Crippen molar-refractivity contribution in [1.82, 2.24) is 5.32 Å². The van der Waals surface area contributed by atoms with Crippen molar-refractivity contribution < 1.29 is 23.8 Å². The minimum Gasteiger partial charge on any atom is -0.497 e. The summed E-state index contributed by atoms with van der Waals surface area (Å²) in [5, 5.41) is 2.87. The predicted molar refractivity (Wildman–Crippen MR) is 84.4 cm³/mol. The second-order valence-electron chi connectivity index (χ2n) is 6.23. The van der Waals surface area contributed by atoms with Crippen molar-refractivity contribution in [3.8, 4) is 11.5 Å². The summed E-state index contributed by atoms with van der Waals surface area (Å²) >= 11 is 0. The van der Waals surface area contributed by atoms with E-state index in [0.29, 0.717) is 12.4 Å². The molecule has 0 saturated carbocycles. The van der Waals surface area contributed by atoms with Crippen molar-refractivity contribution >= 4 is 11.9 Å². The van der Waals surface area contributed by atoms with Crippen LogP contribution in [0, 0.1) is 5.92 Å². The average molecular weight is 321 g/mol. The molecule has 1 fully saturated rings. The van der Waals surface area contributed by atoms with Crippen LogP contribution in [0.4, 0.5) is 0 Å². The summed E-state index contributed by atoms with van der Waals surface area (Å²) in [6.07, 6.45) is 0.116. The fraction of sp³-hybridized carbons (Fsp3) is 0.529. The first kappa shape index (κ1) is 17.1. The van der Waals surface area contributed by atoms with E-state index in [1.54, 1.807) is 33.1 Å². The molecule has 0 spiro atoms. The van der Waals surface area contributed by atoms with Gasteiger partial charge in [0.1, 0.15) is 23.7 Å². The van der Waals surface area contributed by atoms with Crippen LogP contribution in [0.3, 0.4) is 0 Å². The highest BCUT2D eigenvalue weighted by Crippen LogP contribution is 2.32. The average Bonchev–Trinajstić information content (AvgIpc) is 2.78. The summed E-state index contributed by atoms with van der Waals surface area (Å²) < 4.78 is 15.9. The number of cyclic esters (lactones) is 1. The van der Waals surface area contributed by atoms with Gasteiger partial charge in [-0.25, -0.2) is 0 Å². The molecular weight excluding hydrogens is 298 g/mol. The minimum atomic E-state index is -0.766. The summed E-state index contributed by atoms with van der Waals surface area (Å²) in [5.41, 5.74) is -0.766. The Hall–Kier alpha value is -2.24. The Balaban J connectivity index is 1.83. The lowest BCUT2D eigenvalue weighted by molar-refractivity contribution is -0.147. The molecule has 0 radical (unpaired) electrons. The lowest BCUT2D eigenvalue weighted by atomic mass is 9.90. The molecule has 1 saturated heterocycles. The molecule has 0 aliphatic carbocycles. The molecule has 2 atom stereocenters. The lowest BCUT2D eigenvalue weighted by Gasteiger charge is -2.25. The SMILES string of the molecule is COc1ccc(OC[C@@H](C)NC(=O)[C@H]2CC(=O)OC2(C)C)cc1. The second kappa shape index (κ2) is 6.89. The van der Waals surface area contributed by atoms with Gasteiger partial charge in [0.2, 0.25) is 5.91 Å². The maximum Gasteiger partial charge on any atom is 0.307 e. The van der Waals surface area contributed by atoms with Crippen LogP contribution in [0.25, 0.3) is 0 Å². The van der Waals surface area contributed by atoms with Gasteiger partial charge < -0.3 is 19.5 Å². The van der Waals surface area contributed by atoms with Gasteiger partial charge in [-0.2, -0.15) is 0 Å². The normalized spacial score (nSPS) is 20.5. The molecule has 2 rings (SSSR count). The summed E-state index contributed by atoms with van der Waals surface area (Å²) in [6, 6.07) is 7.04. The highest BCUT2D eigenvalue weighted by Gasteiger charge is 2.46. The molecule has 1 amide bonds. The monoisotopic (exact) mass is 321 g/mol. The van der Waals surface area contributed by atoms with Gasteiger partial charge in [-0.05, 0) is 45.0 Å². The Bertz CT molecular complexity index is 567. The van der Waals surface area contributed by atoms with Crippen molar-refractivity contribution in [2.45, 2.75) is 38.8 Å². The van der Waals surface area contributed by atoms with E-state index in [1.807, 2.05) is 19.1 Å². The number of esters is 1. The topological polar surface area (TPSA) is 73.9 Å². The summed E-state index contributed by atoms with van der Waals surface area (Å²) in [7, 11) is 1.60. The van der Waals surface area contributed by atoms with Crippen LogP contribution in [0.5, 0.6) is 11.5 Å². The maximum atomic E-state index is 12.3. The second-order valence-corrected chi connectivity index (χ2v) is 6.23. The zero-order valence-corrected chi connectivity index (χ0v) is 13.9. The molecule has 1 aromatic rings. The molecule has 6 heteroatoms. The highest BCUT2D eigenvalue weighted by atomic mass is 16.6. The lowest BCUT2D eigenvalue weighted by Crippen LogP contribution is -2.45. The van der Waals surface area contributed by atoms with E-state index in [9.17, 15) is 9.59 Å². The van der Waals surface area contributed by atoms with Crippen molar-refractivity contribution in [2.24, 2.45) is 5.92 Å². The fourth-order valence-electron chi connectivity index (χ4n) is 2.51. The van der Waals surface area contributed by atoms with Crippen molar-refractivity contribution in [1.29, 1.82) is 0 Å².